The largest absolute Gasteiger partial charge is 0.489 e. The molecule has 4 rings (SSSR count). The van der Waals surface area contributed by atoms with E-state index in [1.165, 1.54) is 28.5 Å². The zero-order chi connectivity index (χ0) is 23.2. The van der Waals surface area contributed by atoms with Gasteiger partial charge in [-0.2, -0.15) is 0 Å². The number of nitrogens with one attached hydrogen (secondary N) is 1. The molecule has 5 heteroatoms. The molecule has 4 nitrogen and oxygen atoms in total. The van der Waals surface area contributed by atoms with Gasteiger partial charge in [-0.25, -0.2) is 4.98 Å². The van der Waals surface area contributed by atoms with E-state index in [0.717, 1.165) is 33.7 Å². The lowest BCUT2D eigenvalue weighted by Gasteiger charge is -2.07. The van der Waals surface area contributed by atoms with Crippen LogP contribution in [0.5, 0.6) is 5.75 Å². The van der Waals surface area contributed by atoms with E-state index in [1.807, 2.05) is 29.6 Å². The second-order valence-corrected chi connectivity index (χ2v) is 8.88. The number of benzene rings is 3. The van der Waals surface area contributed by atoms with Crippen molar-refractivity contribution in [3.05, 3.63) is 106 Å². The first-order valence-electron chi connectivity index (χ1n) is 10.8. The zero-order valence-electron chi connectivity index (χ0n) is 19.0. The number of amides is 1. The number of anilines is 1. The second-order valence-electron chi connectivity index (χ2n) is 8.02. The minimum Gasteiger partial charge on any atom is -0.489 e. The van der Waals surface area contributed by atoms with Gasteiger partial charge in [-0.15, -0.1) is 11.3 Å². The molecule has 1 amide bonds. The van der Waals surface area contributed by atoms with Crippen molar-refractivity contribution in [3.63, 3.8) is 0 Å². The van der Waals surface area contributed by atoms with Crippen LogP contribution in [-0.4, -0.2) is 10.9 Å². The highest BCUT2D eigenvalue weighted by Gasteiger charge is 2.09. The third-order valence-corrected chi connectivity index (χ3v) is 5.99. The first-order chi connectivity index (χ1) is 16.0. The number of nitrogens with zero attached hydrogens (tertiary/aromatic N) is 1. The van der Waals surface area contributed by atoms with Crippen molar-refractivity contribution in [2.24, 2.45) is 0 Å². The van der Waals surface area contributed by atoms with Crippen LogP contribution in [0, 0.1) is 20.8 Å². The average molecular weight is 455 g/mol. The molecule has 1 aromatic heterocycles. The van der Waals surface area contributed by atoms with Crippen LogP contribution in [0.2, 0.25) is 0 Å². The smallest absolute Gasteiger partial charge is 0.250 e. The summed E-state index contributed by atoms with van der Waals surface area (Å²) in [6.45, 7) is 6.72. The van der Waals surface area contributed by atoms with Gasteiger partial charge in [0.05, 0.1) is 5.69 Å². The van der Waals surface area contributed by atoms with E-state index in [-0.39, 0.29) is 5.91 Å². The monoisotopic (exact) mass is 454 g/mol. The number of carbonyl (C=O) groups is 1. The Bertz CT molecular complexity index is 1270. The quantitative estimate of drug-likeness (QED) is 0.307. The number of hydrogen-bond donors (Lipinski definition) is 1. The number of ether oxygens (including phenoxy) is 1. The van der Waals surface area contributed by atoms with Gasteiger partial charge < -0.3 is 4.74 Å². The Labute approximate surface area is 198 Å². The number of rotatable bonds is 7. The number of hydrogen-bond acceptors (Lipinski definition) is 4. The molecule has 0 fully saturated rings. The van der Waals surface area contributed by atoms with Crippen molar-refractivity contribution >= 4 is 28.5 Å². The number of carbonyl (C=O) groups excluding carboxylic acids is 1. The van der Waals surface area contributed by atoms with E-state index >= 15 is 0 Å². The molecule has 0 aliphatic carbocycles. The molecular weight excluding hydrogens is 428 g/mol. The molecule has 0 bridgehead atoms. The van der Waals surface area contributed by atoms with Crippen LogP contribution in [0.3, 0.4) is 0 Å². The van der Waals surface area contributed by atoms with Crippen LogP contribution in [0.25, 0.3) is 17.3 Å². The van der Waals surface area contributed by atoms with Gasteiger partial charge in [0.25, 0.3) is 0 Å². The average Bonchev–Trinajstić information content (AvgIpc) is 3.27. The van der Waals surface area contributed by atoms with Crippen molar-refractivity contribution in [3.8, 4) is 17.0 Å². The highest BCUT2D eigenvalue weighted by Crippen LogP contribution is 2.28. The van der Waals surface area contributed by atoms with E-state index in [0.29, 0.717) is 11.7 Å². The molecule has 4 aromatic rings. The van der Waals surface area contributed by atoms with E-state index in [9.17, 15) is 4.79 Å². The normalized spacial score (nSPS) is 11.0. The van der Waals surface area contributed by atoms with Gasteiger partial charge in [-0.3, -0.25) is 10.1 Å². The van der Waals surface area contributed by atoms with Gasteiger partial charge in [0.15, 0.2) is 5.13 Å². The molecule has 1 N–H and O–H groups in total. The van der Waals surface area contributed by atoms with Crippen molar-refractivity contribution < 1.29 is 9.53 Å². The third-order valence-electron chi connectivity index (χ3n) is 5.24. The minimum absolute atomic E-state index is 0.212. The molecule has 1 heterocycles. The van der Waals surface area contributed by atoms with Crippen molar-refractivity contribution in [2.75, 3.05) is 5.32 Å². The Balaban J connectivity index is 1.32. The summed E-state index contributed by atoms with van der Waals surface area (Å²) in [6.07, 6.45) is 3.29. The Morgan fingerprint density at radius 3 is 2.45 bits per heavy atom. The molecule has 0 aliphatic rings. The predicted molar refractivity (Wildman–Crippen MR) is 137 cm³/mol. The van der Waals surface area contributed by atoms with E-state index < -0.39 is 0 Å². The van der Waals surface area contributed by atoms with Gasteiger partial charge in [0.2, 0.25) is 5.91 Å². The molecular formula is C28H26N2O2S. The topological polar surface area (TPSA) is 51.2 Å². The van der Waals surface area contributed by atoms with Gasteiger partial charge in [0, 0.05) is 17.0 Å². The maximum absolute atomic E-state index is 12.3. The van der Waals surface area contributed by atoms with Crippen LogP contribution in [0.15, 0.2) is 78.2 Å². The summed E-state index contributed by atoms with van der Waals surface area (Å²) in [5.74, 6) is 0.579. The molecule has 166 valence electrons. The number of aryl methyl sites for hydroxylation is 3. The van der Waals surface area contributed by atoms with Crippen LogP contribution in [0.1, 0.15) is 27.8 Å². The lowest BCUT2D eigenvalue weighted by atomic mass is 10.0. The minimum atomic E-state index is -0.212. The van der Waals surface area contributed by atoms with Crippen LogP contribution in [-0.2, 0) is 11.4 Å². The molecule has 0 saturated carbocycles. The molecule has 3 aromatic carbocycles. The Morgan fingerprint density at radius 1 is 0.970 bits per heavy atom. The van der Waals surface area contributed by atoms with Crippen LogP contribution in [0.4, 0.5) is 5.13 Å². The highest BCUT2D eigenvalue weighted by molar-refractivity contribution is 7.14. The SMILES string of the molecule is Cc1ccc(COc2ccc(/C=C/C(=O)Nc3nc(-c4cc(C)ccc4C)cs3)cc2)cc1. The van der Waals surface area contributed by atoms with Crippen LogP contribution < -0.4 is 10.1 Å². The molecule has 0 saturated heterocycles. The zero-order valence-corrected chi connectivity index (χ0v) is 19.8. The summed E-state index contributed by atoms with van der Waals surface area (Å²) in [6, 6.07) is 22.2. The molecule has 0 aliphatic heterocycles. The maximum atomic E-state index is 12.3. The van der Waals surface area contributed by atoms with Crippen LogP contribution >= 0.6 is 11.3 Å². The van der Waals surface area contributed by atoms with E-state index in [4.69, 9.17) is 4.74 Å². The Kier molecular flexibility index (Phi) is 7.01. The first kappa shape index (κ1) is 22.5. The maximum Gasteiger partial charge on any atom is 0.250 e. The summed E-state index contributed by atoms with van der Waals surface area (Å²) < 4.78 is 5.84. The lowest BCUT2D eigenvalue weighted by Crippen LogP contribution is -2.07. The van der Waals surface area contributed by atoms with Crippen molar-refractivity contribution in [2.45, 2.75) is 27.4 Å². The predicted octanol–water partition coefficient (Wildman–Crippen LogP) is 6.97. The fraction of sp³-hybridized carbons (Fsp3) is 0.143. The fourth-order valence-electron chi connectivity index (χ4n) is 3.31. The first-order valence-corrected chi connectivity index (χ1v) is 11.6. The molecule has 33 heavy (non-hydrogen) atoms. The Hall–Kier alpha value is -3.70. The van der Waals surface area contributed by atoms with Gasteiger partial charge in [0.1, 0.15) is 12.4 Å². The molecule has 0 atom stereocenters. The summed E-state index contributed by atoms with van der Waals surface area (Å²) >= 11 is 1.42. The summed E-state index contributed by atoms with van der Waals surface area (Å²) in [4.78, 5) is 16.9. The van der Waals surface area contributed by atoms with Gasteiger partial charge in [-0.1, -0.05) is 59.7 Å². The van der Waals surface area contributed by atoms with Gasteiger partial charge >= 0.3 is 0 Å². The number of aromatic nitrogens is 1. The molecule has 0 radical (unpaired) electrons. The fourth-order valence-corrected chi connectivity index (χ4v) is 4.03. The van der Waals surface area contributed by atoms with Gasteiger partial charge in [-0.05, 0) is 61.7 Å². The number of thiazole rings is 1. The Morgan fingerprint density at radius 2 is 1.70 bits per heavy atom. The van der Waals surface area contributed by atoms with E-state index in [1.54, 1.807) is 6.08 Å². The summed E-state index contributed by atoms with van der Waals surface area (Å²) in [7, 11) is 0. The lowest BCUT2D eigenvalue weighted by molar-refractivity contribution is -0.111. The summed E-state index contributed by atoms with van der Waals surface area (Å²) in [5.41, 5.74) is 7.59. The second kappa shape index (κ2) is 10.3. The van der Waals surface area contributed by atoms with E-state index in [2.05, 4.69) is 73.5 Å². The third kappa shape index (κ3) is 6.18. The summed E-state index contributed by atoms with van der Waals surface area (Å²) in [5, 5.41) is 5.40. The molecule has 0 spiro atoms. The highest BCUT2D eigenvalue weighted by atomic mass is 32.1. The molecule has 0 unspecified atom stereocenters. The standard InChI is InChI=1S/C28H26N2O2S/c1-19-5-8-23(9-6-19)17-32-24-13-10-22(11-14-24)12-15-27(31)30-28-29-26(18-33-28)25-16-20(2)4-7-21(25)3/h4-16,18H,17H2,1-3H3,(H,29,30,31)/b15-12+. The van der Waals surface area contributed by atoms with Crippen molar-refractivity contribution in [1.82, 2.24) is 4.98 Å². The van der Waals surface area contributed by atoms with Crippen molar-refractivity contribution in [1.29, 1.82) is 0 Å².